The second-order valence-electron chi connectivity index (χ2n) is 3.49. The first-order valence-electron chi connectivity index (χ1n) is 4.23. The van der Waals surface area contributed by atoms with Crippen molar-refractivity contribution < 1.29 is 0 Å². The molecule has 0 atom stereocenters. The normalized spacial score (nSPS) is 11.1. The molecule has 1 aromatic heterocycles. The van der Waals surface area contributed by atoms with Gasteiger partial charge in [0.2, 0.25) is 0 Å². The zero-order valence-electron chi connectivity index (χ0n) is 8.33. The zero-order chi connectivity index (χ0) is 9.14. The van der Waals surface area contributed by atoms with Crippen molar-refractivity contribution in [1.82, 2.24) is 14.7 Å². The average molecular weight is 167 g/mol. The molecule has 1 rings (SSSR count). The summed E-state index contributed by atoms with van der Waals surface area (Å²) in [7, 11) is 6.13. The van der Waals surface area contributed by atoms with Crippen molar-refractivity contribution in [2.24, 2.45) is 7.05 Å². The Kier molecular flexibility index (Phi) is 2.87. The first kappa shape index (κ1) is 9.26. The molecule has 0 aromatic carbocycles. The maximum absolute atomic E-state index is 4.37. The Hall–Kier alpha value is -0.830. The third kappa shape index (κ3) is 2.34. The van der Waals surface area contributed by atoms with E-state index >= 15 is 0 Å². The van der Waals surface area contributed by atoms with Crippen molar-refractivity contribution >= 4 is 0 Å². The van der Waals surface area contributed by atoms with Crippen molar-refractivity contribution in [2.75, 3.05) is 20.6 Å². The lowest BCUT2D eigenvalue weighted by atomic mass is 10.2. The van der Waals surface area contributed by atoms with Gasteiger partial charge in [-0.3, -0.25) is 4.68 Å². The summed E-state index contributed by atoms with van der Waals surface area (Å²) < 4.78 is 1.88. The van der Waals surface area contributed by atoms with Crippen LogP contribution in [0.1, 0.15) is 11.3 Å². The smallest absolute Gasteiger partial charge is 0.0666 e. The molecule has 0 aliphatic carbocycles. The van der Waals surface area contributed by atoms with Crippen LogP contribution in [0.2, 0.25) is 0 Å². The fourth-order valence-electron chi connectivity index (χ4n) is 1.23. The molecular formula is C9H17N3. The van der Waals surface area contributed by atoms with E-state index in [1.54, 1.807) is 0 Å². The van der Waals surface area contributed by atoms with Crippen LogP contribution < -0.4 is 0 Å². The molecule has 0 amide bonds. The highest BCUT2D eigenvalue weighted by Crippen LogP contribution is 2.04. The topological polar surface area (TPSA) is 21.1 Å². The maximum Gasteiger partial charge on any atom is 0.0666 e. The Morgan fingerprint density at radius 3 is 2.58 bits per heavy atom. The van der Waals surface area contributed by atoms with Crippen molar-refractivity contribution in [1.29, 1.82) is 0 Å². The lowest BCUT2D eigenvalue weighted by Crippen LogP contribution is -2.15. The van der Waals surface area contributed by atoms with Crippen LogP contribution >= 0.6 is 0 Å². The summed E-state index contributed by atoms with van der Waals surface area (Å²) >= 11 is 0. The second kappa shape index (κ2) is 3.72. The Morgan fingerprint density at radius 2 is 2.17 bits per heavy atom. The quantitative estimate of drug-likeness (QED) is 0.665. The van der Waals surface area contributed by atoms with E-state index in [4.69, 9.17) is 0 Å². The maximum atomic E-state index is 4.37. The SMILES string of the molecule is Cc1cn(C)nc1CCN(C)C. The lowest BCUT2D eigenvalue weighted by Gasteiger charge is -2.07. The highest BCUT2D eigenvalue weighted by molar-refractivity contribution is 5.14. The van der Waals surface area contributed by atoms with Crippen LogP contribution in [0.15, 0.2) is 6.20 Å². The Bertz CT molecular complexity index is 250. The van der Waals surface area contributed by atoms with Gasteiger partial charge in [-0.15, -0.1) is 0 Å². The summed E-state index contributed by atoms with van der Waals surface area (Å²) in [6, 6.07) is 0. The van der Waals surface area contributed by atoms with Crippen molar-refractivity contribution in [3.05, 3.63) is 17.5 Å². The van der Waals surface area contributed by atoms with Crippen LogP contribution in [0.4, 0.5) is 0 Å². The first-order valence-corrected chi connectivity index (χ1v) is 4.23. The summed E-state index contributed by atoms with van der Waals surface area (Å²) in [6.45, 7) is 3.18. The molecule has 3 heteroatoms. The zero-order valence-corrected chi connectivity index (χ0v) is 8.33. The van der Waals surface area contributed by atoms with Gasteiger partial charge >= 0.3 is 0 Å². The summed E-state index contributed by atoms with van der Waals surface area (Å²) in [5.74, 6) is 0. The molecule has 0 unspecified atom stereocenters. The first-order chi connectivity index (χ1) is 5.59. The molecule has 0 spiro atoms. The highest BCUT2D eigenvalue weighted by atomic mass is 15.3. The predicted molar refractivity (Wildman–Crippen MR) is 50.2 cm³/mol. The molecule has 0 N–H and O–H groups in total. The van der Waals surface area contributed by atoms with Crippen LogP contribution in [-0.4, -0.2) is 35.3 Å². The monoisotopic (exact) mass is 167 g/mol. The van der Waals surface area contributed by atoms with E-state index in [9.17, 15) is 0 Å². The van der Waals surface area contributed by atoms with Gasteiger partial charge in [0.25, 0.3) is 0 Å². The van der Waals surface area contributed by atoms with Gasteiger partial charge in [0.15, 0.2) is 0 Å². The van der Waals surface area contributed by atoms with Gasteiger partial charge in [-0.25, -0.2) is 0 Å². The minimum atomic E-state index is 1.04. The van der Waals surface area contributed by atoms with Crippen LogP contribution in [0, 0.1) is 6.92 Å². The van der Waals surface area contributed by atoms with Crippen LogP contribution in [-0.2, 0) is 13.5 Å². The van der Waals surface area contributed by atoms with E-state index in [-0.39, 0.29) is 0 Å². The minimum absolute atomic E-state index is 1.04. The molecule has 12 heavy (non-hydrogen) atoms. The summed E-state index contributed by atoms with van der Waals surface area (Å²) in [6.07, 6.45) is 3.10. The van der Waals surface area contributed by atoms with E-state index in [0.717, 1.165) is 13.0 Å². The van der Waals surface area contributed by atoms with Crippen LogP contribution in [0.3, 0.4) is 0 Å². The average Bonchev–Trinajstić information content (AvgIpc) is 2.26. The predicted octanol–water partition coefficient (Wildman–Crippen LogP) is 0.833. The molecule has 0 radical (unpaired) electrons. The molecule has 0 aliphatic rings. The van der Waals surface area contributed by atoms with Gasteiger partial charge in [0, 0.05) is 26.2 Å². The molecule has 1 heterocycles. The van der Waals surface area contributed by atoms with Gasteiger partial charge in [0.1, 0.15) is 0 Å². The number of hydrogen-bond acceptors (Lipinski definition) is 2. The number of likely N-dealkylation sites (N-methyl/N-ethyl adjacent to an activating group) is 1. The lowest BCUT2D eigenvalue weighted by molar-refractivity contribution is 0.410. The summed E-state index contributed by atoms with van der Waals surface area (Å²) in [5, 5.41) is 4.37. The van der Waals surface area contributed by atoms with Gasteiger partial charge < -0.3 is 4.90 Å². The van der Waals surface area contributed by atoms with E-state index < -0.39 is 0 Å². The molecule has 68 valence electrons. The van der Waals surface area contributed by atoms with Gasteiger partial charge in [-0.2, -0.15) is 5.10 Å². The highest BCUT2D eigenvalue weighted by Gasteiger charge is 2.02. The number of rotatable bonds is 3. The fourth-order valence-corrected chi connectivity index (χ4v) is 1.23. The number of aromatic nitrogens is 2. The second-order valence-corrected chi connectivity index (χ2v) is 3.49. The van der Waals surface area contributed by atoms with E-state index in [1.807, 2.05) is 11.7 Å². The summed E-state index contributed by atoms with van der Waals surface area (Å²) in [4.78, 5) is 2.17. The third-order valence-corrected chi connectivity index (χ3v) is 1.91. The Morgan fingerprint density at radius 1 is 1.50 bits per heavy atom. The van der Waals surface area contributed by atoms with E-state index in [2.05, 4.69) is 37.2 Å². The molecule has 0 aliphatic heterocycles. The standard InChI is InChI=1S/C9H17N3/c1-8-7-12(4)10-9(8)5-6-11(2)3/h7H,5-6H2,1-4H3. The van der Waals surface area contributed by atoms with Gasteiger partial charge in [-0.1, -0.05) is 0 Å². The molecule has 0 saturated heterocycles. The van der Waals surface area contributed by atoms with Crippen molar-refractivity contribution in [3.8, 4) is 0 Å². The third-order valence-electron chi connectivity index (χ3n) is 1.91. The minimum Gasteiger partial charge on any atom is -0.309 e. The molecule has 0 saturated carbocycles. The molecule has 0 fully saturated rings. The molecule has 1 aromatic rings. The Labute approximate surface area is 74.0 Å². The van der Waals surface area contributed by atoms with E-state index in [1.165, 1.54) is 11.3 Å². The molecule has 3 nitrogen and oxygen atoms in total. The largest absolute Gasteiger partial charge is 0.309 e. The molecule has 0 bridgehead atoms. The van der Waals surface area contributed by atoms with Crippen LogP contribution in [0.25, 0.3) is 0 Å². The van der Waals surface area contributed by atoms with Crippen molar-refractivity contribution in [3.63, 3.8) is 0 Å². The van der Waals surface area contributed by atoms with Crippen LogP contribution in [0.5, 0.6) is 0 Å². The van der Waals surface area contributed by atoms with E-state index in [0.29, 0.717) is 0 Å². The number of aryl methyl sites for hydroxylation is 2. The summed E-state index contributed by atoms with van der Waals surface area (Å²) in [5.41, 5.74) is 2.51. The number of nitrogens with zero attached hydrogens (tertiary/aromatic N) is 3. The van der Waals surface area contributed by atoms with Crippen molar-refractivity contribution in [2.45, 2.75) is 13.3 Å². The fraction of sp³-hybridized carbons (Fsp3) is 0.667. The Balaban J connectivity index is 2.57. The number of hydrogen-bond donors (Lipinski definition) is 0. The molecular weight excluding hydrogens is 150 g/mol. The van der Waals surface area contributed by atoms with Gasteiger partial charge in [-0.05, 0) is 26.6 Å². The van der Waals surface area contributed by atoms with Gasteiger partial charge in [0.05, 0.1) is 5.69 Å².